The predicted octanol–water partition coefficient (Wildman–Crippen LogP) is 1.19. The first kappa shape index (κ1) is 10.3. The molecule has 1 heterocycles. The summed E-state index contributed by atoms with van der Waals surface area (Å²) in [6, 6.07) is 7.72. The molecule has 2 rings (SSSR count). The zero-order valence-corrected chi connectivity index (χ0v) is 9.21. The normalized spacial score (nSPS) is 15.8. The molecule has 0 radical (unpaired) electrons. The maximum absolute atomic E-state index is 11.3. The molecule has 5 heteroatoms. The zero-order valence-electron chi connectivity index (χ0n) is 8.40. The number of nitrogens with one attached hydrogen (secondary N) is 1. The Morgan fingerprint density at radius 3 is 2.73 bits per heavy atom. The van der Waals surface area contributed by atoms with E-state index in [-0.39, 0.29) is 5.91 Å². The largest absolute Gasteiger partial charge is 0.497 e. The van der Waals surface area contributed by atoms with Gasteiger partial charge in [-0.05, 0) is 17.7 Å². The van der Waals surface area contributed by atoms with Crippen molar-refractivity contribution in [3.63, 3.8) is 0 Å². The van der Waals surface area contributed by atoms with Crippen LogP contribution in [0.4, 0.5) is 0 Å². The highest BCUT2D eigenvalue weighted by Crippen LogP contribution is 2.18. The Bertz CT molecular complexity index is 353. The number of nitrogens with zero attached hydrogens (tertiary/aromatic N) is 1. The van der Waals surface area contributed by atoms with Crippen LogP contribution in [0.15, 0.2) is 24.3 Å². The molecule has 80 valence electrons. The summed E-state index contributed by atoms with van der Waals surface area (Å²) >= 11 is 1.36. The third-order valence-electron chi connectivity index (χ3n) is 2.16. The molecule has 0 aliphatic carbocycles. The molecule has 1 aromatic carbocycles. The van der Waals surface area contributed by atoms with Gasteiger partial charge >= 0.3 is 0 Å². The molecule has 1 aliphatic heterocycles. The summed E-state index contributed by atoms with van der Waals surface area (Å²) in [4.78, 5) is 11.3. The van der Waals surface area contributed by atoms with Crippen molar-refractivity contribution in [3.05, 3.63) is 29.8 Å². The van der Waals surface area contributed by atoms with Gasteiger partial charge in [0.15, 0.2) is 0 Å². The third-order valence-corrected chi connectivity index (χ3v) is 2.99. The zero-order chi connectivity index (χ0) is 10.7. The molecule has 1 saturated heterocycles. The molecule has 0 atom stereocenters. The lowest BCUT2D eigenvalue weighted by molar-refractivity contribution is -0.124. The van der Waals surface area contributed by atoms with Crippen LogP contribution < -0.4 is 9.46 Å². The summed E-state index contributed by atoms with van der Waals surface area (Å²) in [6.07, 6.45) is 0. The fourth-order valence-electron chi connectivity index (χ4n) is 1.33. The van der Waals surface area contributed by atoms with Crippen molar-refractivity contribution in [2.24, 2.45) is 0 Å². The number of ether oxygens (including phenoxy) is 1. The van der Waals surface area contributed by atoms with E-state index in [4.69, 9.17) is 4.74 Å². The SMILES string of the molecule is COc1ccc(CN2SNCC2=O)cc1. The van der Waals surface area contributed by atoms with Crippen LogP contribution in [0, 0.1) is 0 Å². The topological polar surface area (TPSA) is 41.6 Å². The predicted molar refractivity (Wildman–Crippen MR) is 59.1 cm³/mol. The van der Waals surface area contributed by atoms with Gasteiger partial charge in [-0.3, -0.25) is 9.10 Å². The van der Waals surface area contributed by atoms with Gasteiger partial charge in [0.05, 0.1) is 20.2 Å². The Labute approximate surface area is 92.9 Å². The first-order chi connectivity index (χ1) is 7.29. The fourth-order valence-corrected chi connectivity index (χ4v) is 2.05. The Morgan fingerprint density at radius 1 is 1.47 bits per heavy atom. The summed E-state index contributed by atoms with van der Waals surface area (Å²) in [5.74, 6) is 0.952. The van der Waals surface area contributed by atoms with Crippen molar-refractivity contribution in [2.75, 3.05) is 13.7 Å². The monoisotopic (exact) mass is 224 g/mol. The van der Waals surface area contributed by atoms with Gasteiger partial charge in [0.2, 0.25) is 5.91 Å². The highest BCUT2D eigenvalue weighted by Gasteiger charge is 2.20. The van der Waals surface area contributed by atoms with Gasteiger partial charge in [0.1, 0.15) is 5.75 Å². The highest BCUT2D eigenvalue weighted by atomic mass is 32.2. The van der Waals surface area contributed by atoms with Crippen LogP contribution in [-0.4, -0.2) is 23.9 Å². The van der Waals surface area contributed by atoms with Gasteiger partial charge in [-0.2, -0.15) is 0 Å². The standard InChI is InChI=1S/C10H12N2O2S/c1-14-9-4-2-8(3-5-9)7-12-10(13)6-11-15-12/h2-5,11H,6-7H2,1H3. The minimum Gasteiger partial charge on any atom is -0.497 e. The summed E-state index contributed by atoms with van der Waals surface area (Å²) in [5.41, 5.74) is 1.10. The van der Waals surface area contributed by atoms with Crippen LogP contribution in [0.5, 0.6) is 5.75 Å². The lowest BCUT2D eigenvalue weighted by Crippen LogP contribution is -2.19. The van der Waals surface area contributed by atoms with Crippen molar-refractivity contribution in [3.8, 4) is 5.75 Å². The van der Waals surface area contributed by atoms with Gasteiger partial charge in [-0.15, -0.1) is 0 Å². The Balaban J connectivity index is 2.01. The molecule has 1 fully saturated rings. The quantitative estimate of drug-likeness (QED) is 0.783. The molecule has 0 spiro atoms. The fraction of sp³-hybridized carbons (Fsp3) is 0.300. The molecule has 0 bridgehead atoms. The van der Waals surface area contributed by atoms with E-state index in [0.29, 0.717) is 13.1 Å². The summed E-state index contributed by atoms with van der Waals surface area (Å²) < 4.78 is 9.71. The highest BCUT2D eigenvalue weighted by molar-refractivity contribution is 7.96. The summed E-state index contributed by atoms with van der Waals surface area (Å²) in [7, 11) is 1.64. The van der Waals surface area contributed by atoms with E-state index >= 15 is 0 Å². The van der Waals surface area contributed by atoms with Crippen LogP contribution >= 0.6 is 12.1 Å². The number of hydrogen-bond acceptors (Lipinski definition) is 4. The van der Waals surface area contributed by atoms with Crippen LogP contribution in [0.1, 0.15) is 5.56 Å². The molecule has 0 saturated carbocycles. The number of amides is 1. The first-order valence-corrected chi connectivity index (χ1v) is 5.40. The number of rotatable bonds is 3. The third kappa shape index (κ3) is 2.43. The Hall–Kier alpha value is -1.20. The molecule has 1 aliphatic rings. The lowest BCUT2D eigenvalue weighted by atomic mass is 10.2. The summed E-state index contributed by atoms with van der Waals surface area (Å²) in [5, 5.41) is 0. The molecule has 0 unspecified atom stereocenters. The van der Waals surface area contributed by atoms with Gasteiger partial charge in [0, 0.05) is 12.1 Å². The summed E-state index contributed by atoms with van der Waals surface area (Å²) in [6.45, 7) is 1.04. The molecule has 1 N–H and O–H groups in total. The van der Waals surface area contributed by atoms with Gasteiger partial charge in [-0.25, -0.2) is 4.72 Å². The second-order valence-corrected chi connectivity index (χ2v) is 4.10. The van der Waals surface area contributed by atoms with Crippen LogP contribution in [0.25, 0.3) is 0 Å². The molecule has 1 aromatic rings. The molecular formula is C10H12N2O2S. The van der Waals surface area contributed by atoms with E-state index < -0.39 is 0 Å². The Morgan fingerprint density at radius 2 is 2.20 bits per heavy atom. The van der Waals surface area contributed by atoms with Gasteiger partial charge in [-0.1, -0.05) is 12.1 Å². The van der Waals surface area contributed by atoms with Gasteiger partial charge in [0.25, 0.3) is 0 Å². The smallest absolute Gasteiger partial charge is 0.248 e. The van der Waals surface area contributed by atoms with Crippen LogP contribution in [0.3, 0.4) is 0 Å². The lowest BCUT2D eigenvalue weighted by Gasteiger charge is -2.12. The van der Waals surface area contributed by atoms with E-state index in [2.05, 4.69) is 4.72 Å². The first-order valence-electron chi connectivity index (χ1n) is 4.63. The number of carbonyl (C=O) groups is 1. The van der Waals surface area contributed by atoms with E-state index in [1.165, 1.54) is 12.1 Å². The molecule has 15 heavy (non-hydrogen) atoms. The molecular weight excluding hydrogens is 212 g/mol. The molecule has 0 aromatic heterocycles. The maximum Gasteiger partial charge on any atom is 0.248 e. The van der Waals surface area contributed by atoms with Crippen molar-refractivity contribution in [2.45, 2.75) is 6.54 Å². The minimum absolute atomic E-state index is 0.121. The minimum atomic E-state index is 0.121. The molecule has 4 nitrogen and oxygen atoms in total. The number of hydrogen-bond donors (Lipinski definition) is 1. The average Bonchev–Trinajstić information content (AvgIpc) is 2.66. The maximum atomic E-state index is 11.3. The van der Waals surface area contributed by atoms with E-state index in [0.717, 1.165) is 11.3 Å². The van der Waals surface area contributed by atoms with Gasteiger partial charge < -0.3 is 4.74 Å². The second-order valence-electron chi connectivity index (χ2n) is 3.19. The number of benzene rings is 1. The van der Waals surface area contributed by atoms with Crippen molar-refractivity contribution >= 4 is 18.0 Å². The van der Waals surface area contributed by atoms with Crippen molar-refractivity contribution < 1.29 is 9.53 Å². The van der Waals surface area contributed by atoms with Crippen LogP contribution in [0.2, 0.25) is 0 Å². The van der Waals surface area contributed by atoms with Crippen molar-refractivity contribution in [1.29, 1.82) is 0 Å². The van der Waals surface area contributed by atoms with E-state index in [1.54, 1.807) is 11.4 Å². The van der Waals surface area contributed by atoms with Crippen LogP contribution in [-0.2, 0) is 11.3 Å². The number of methoxy groups -OCH3 is 1. The van der Waals surface area contributed by atoms with Crippen molar-refractivity contribution in [1.82, 2.24) is 9.03 Å². The average molecular weight is 224 g/mol. The Kier molecular flexibility index (Phi) is 3.13. The second kappa shape index (κ2) is 4.55. The molecule has 1 amide bonds. The van der Waals surface area contributed by atoms with E-state index in [1.807, 2.05) is 24.3 Å². The number of carbonyl (C=O) groups excluding carboxylic acids is 1. The van der Waals surface area contributed by atoms with E-state index in [9.17, 15) is 4.79 Å².